The Balaban J connectivity index is 0.000000244. The number of hydrogen-bond donors (Lipinski definition) is 0. The lowest BCUT2D eigenvalue weighted by molar-refractivity contribution is 0.548. The third-order valence-corrected chi connectivity index (χ3v) is 7.06. The van der Waals surface area contributed by atoms with Crippen LogP contribution in [-0.2, 0) is 0 Å². The zero-order valence-electron chi connectivity index (χ0n) is 18.5. The highest BCUT2D eigenvalue weighted by Gasteiger charge is 2.24. The molecular weight excluding hydrogens is 628 g/mol. The van der Waals surface area contributed by atoms with Crippen LogP contribution in [0.3, 0.4) is 0 Å². The minimum absolute atomic E-state index is 0.0247. The quantitative estimate of drug-likeness (QED) is 0.124. The fourth-order valence-electron chi connectivity index (χ4n) is 3.22. The molecule has 0 aliphatic heterocycles. The fraction of sp³-hybridized carbons (Fsp3) is 0.0417. The molecule has 0 bridgehead atoms. The summed E-state index contributed by atoms with van der Waals surface area (Å²) >= 11 is 34.6. The highest BCUT2D eigenvalue weighted by Crippen LogP contribution is 2.41. The molecular formula is C24H8Cl6F3N5. The molecule has 192 valence electrons. The molecule has 0 N–H and O–H groups in total. The van der Waals surface area contributed by atoms with Crippen LogP contribution in [0.1, 0.15) is 16.8 Å². The van der Waals surface area contributed by atoms with Gasteiger partial charge in [0.05, 0.1) is 42.5 Å². The van der Waals surface area contributed by atoms with Gasteiger partial charge in [-0.1, -0.05) is 69.6 Å². The van der Waals surface area contributed by atoms with E-state index in [4.69, 9.17) is 80.1 Å². The Morgan fingerprint density at radius 2 is 1.26 bits per heavy atom. The van der Waals surface area contributed by atoms with Gasteiger partial charge in [-0.2, -0.15) is 15.6 Å². The first kappa shape index (κ1) is 29.7. The molecule has 5 nitrogen and oxygen atoms in total. The number of halogens is 9. The second-order valence-corrected chi connectivity index (χ2v) is 9.43. The predicted octanol–water partition coefficient (Wildman–Crippen LogP) is 9.28. The molecule has 0 saturated carbocycles. The van der Waals surface area contributed by atoms with Gasteiger partial charge in [0.15, 0.2) is 5.15 Å². The Kier molecular flexibility index (Phi) is 9.67. The van der Waals surface area contributed by atoms with Gasteiger partial charge in [-0.15, -0.1) is 5.10 Å². The van der Waals surface area contributed by atoms with Crippen LogP contribution >= 0.6 is 69.6 Å². The summed E-state index contributed by atoms with van der Waals surface area (Å²) in [6.07, 6.45) is 1.42. The standard InChI is InChI=1S/C16H8Cl2F3N3.C8Cl4N2/c1-7-13(8-2-3-12(17)22-6-8)15(16(18)24-23-7)14-10(20)4-9(19)5-11(14)21;9-5-3(1-13)6(10)8(12)7(11)4(5)2-14/h2-6H,1H3;. The highest BCUT2D eigenvalue weighted by molar-refractivity contribution is 6.50. The molecule has 0 amide bonds. The predicted molar refractivity (Wildman–Crippen MR) is 141 cm³/mol. The van der Waals surface area contributed by atoms with Crippen LogP contribution in [0.2, 0.25) is 30.4 Å². The van der Waals surface area contributed by atoms with Crippen molar-refractivity contribution in [3.8, 4) is 34.4 Å². The van der Waals surface area contributed by atoms with Crippen molar-refractivity contribution >= 4 is 69.6 Å². The average molecular weight is 636 g/mol. The van der Waals surface area contributed by atoms with Gasteiger partial charge in [0.2, 0.25) is 0 Å². The second-order valence-electron chi connectivity index (χ2n) is 7.17. The molecule has 4 rings (SSSR count). The molecule has 14 heteroatoms. The fourth-order valence-corrected chi connectivity index (χ4v) is 4.63. The summed E-state index contributed by atoms with van der Waals surface area (Å²) in [7, 11) is 0. The van der Waals surface area contributed by atoms with Crippen molar-refractivity contribution in [1.29, 1.82) is 10.5 Å². The van der Waals surface area contributed by atoms with E-state index >= 15 is 0 Å². The summed E-state index contributed by atoms with van der Waals surface area (Å²) in [5, 5.41) is 24.8. The first-order chi connectivity index (χ1) is 17.9. The number of nitrogens with zero attached hydrogens (tertiary/aromatic N) is 5. The molecule has 0 aliphatic rings. The van der Waals surface area contributed by atoms with E-state index in [-0.39, 0.29) is 47.1 Å². The van der Waals surface area contributed by atoms with E-state index in [1.54, 1.807) is 25.1 Å². The number of rotatable bonds is 2. The maximum atomic E-state index is 14.2. The van der Waals surface area contributed by atoms with Crippen molar-refractivity contribution < 1.29 is 13.2 Å². The Labute approximate surface area is 243 Å². The van der Waals surface area contributed by atoms with Gasteiger partial charge < -0.3 is 0 Å². The Hall–Kier alpha value is -2.82. The van der Waals surface area contributed by atoms with E-state index in [0.717, 1.165) is 0 Å². The summed E-state index contributed by atoms with van der Waals surface area (Å²) < 4.78 is 41.7. The average Bonchev–Trinajstić information content (AvgIpc) is 2.86. The number of benzene rings is 2. The van der Waals surface area contributed by atoms with E-state index < -0.39 is 23.0 Å². The SMILES string of the molecule is Cc1nnc(Cl)c(-c2c(F)cc(F)cc2F)c1-c1ccc(Cl)nc1.N#Cc1c(Cl)c(Cl)c(Cl)c(C#N)c1Cl. The molecule has 2 aromatic heterocycles. The maximum absolute atomic E-state index is 14.2. The third kappa shape index (κ3) is 5.92. The summed E-state index contributed by atoms with van der Waals surface area (Å²) in [5.41, 5.74) is 0.614. The van der Waals surface area contributed by atoms with Crippen LogP contribution in [0.25, 0.3) is 22.3 Å². The molecule has 38 heavy (non-hydrogen) atoms. The van der Waals surface area contributed by atoms with Gasteiger partial charge >= 0.3 is 0 Å². The number of nitriles is 2. The zero-order valence-corrected chi connectivity index (χ0v) is 23.1. The van der Waals surface area contributed by atoms with Gasteiger partial charge in [-0.25, -0.2) is 18.2 Å². The smallest absolute Gasteiger partial charge is 0.160 e. The molecule has 0 atom stereocenters. The van der Waals surface area contributed by atoms with E-state index in [1.165, 1.54) is 12.3 Å². The molecule has 0 aliphatic carbocycles. The van der Waals surface area contributed by atoms with Gasteiger partial charge in [-0.05, 0) is 19.1 Å². The lowest BCUT2D eigenvalue weighted by Crippen LogP contribution is -2.01. The zero-order chi connectivity index (χ0) is 28.3. The van der Waals surface area contributed by atoms with Gasteiger partial charge in [0.25, 0.3) is 0 Å². The minimum Gasteiger partial charge on any atom is -0.244 e. The minimum atomic E-state index is -1.09. The van der Waals surface area contributed by atoms with Gasteiger partial charge in [0.1, 0.15) is 34.7 Å². The second kappa shape index (κ2) is 12.4. The monoisotopic (exact) mass is 633 g/mol. The Bertz CT molecular complexity index is 1590. The molecule has 2 aromatic carbocycles. The van der Waals surface area contributed by atoms with Crippen LogP contribution in [-0.4, -0.2) is 15.2 Å². The number of aromatic nitrogens is 3. The molecule has 0 unspecified atom stereocenters. The molecule has 0 spiro atoms. The van der Waals surface area contributed by atoms with Crippen LogP contribution in [0, 0.1) is 47.0 Å². The van der Waals surface area contributed by atoms with Crippen LogP contribution < -0.4 is 0 Å². The molecule has 4 aromatic rings. The summed E-state index contributed by atoms with van der Waals surface area (Å²) in [4.78, 5) is 3.95. The Morgan fingerprint density at radius 1 is 0.711 bits per heavy atom. The van der Waals surface area contributed by atoms with Gasteiger partial charge in [-0.3, -0.25) is 0 Å². The van der Waals surface area contributed by atoms with Crippen LogP contribution in [0.5, 0.6) is 0 Å². The lowest BCUT2D eigenvalue weighted by atomic mass is 9.95. The Morgan fingerprint density at radius 3 is 1.74 bits per heavy atom. The molecule has 0 radical (unpaired) electrons. The van der Waals surface area contributed by atoms with Crippen molar-refractivity contribution in [2.45, 2.75) is 6.92 Å². The first-order valence-corrected chi connectivity index (χ1v) is 12.1. The van der Waals surface area contributed by atoms with Gasteiger partial charge in [0, 0.05) is 35.0 Å². The van der Waals surface area contributed by atoms with Crippen molar-refractivity contribution in [2.75, 3.05) is 0 Å². The summed E-state index contributed by atoms with van der Waals surface area (Å²) in [6, 6.07) is 7.78. The molecule has 2 heterocycles. The van der Waals surface area contributed by atoms with Crippen LogP contribution in [0.15, 0.2) is 30.5 Å². The highest BCUT2D eigenvalue weighted by atomic mass is 35.5. The van der Waals surface area contributed by atoms with E-state index in [2.05, 4.69) is 15.2 Å². The van der Waals surface area contributed by atoms with Crippen molar-refractivity contribution in [1.82, 2.24) is 15.2 Å². The summed E-state index contributed by atoms with van der Waals surface area (Å²) in [5.74, 6) is -3.21. The largest absolute Gasteiger partial charge is 0.244 e. The number of pyridine rings is 1. The van der Waals surface area contributed by atoms with Crippen molar-refractivity contribution in [2.24, 2.45) is 0 Å². The van der Waals surface area contributed by atoms with Crippen molar-refractivity contribution in [3.05, 3.63) is 95.1 Å². The third-order valence-electron chi connectivity index (χ3n) is 4.87. The lowest BCUT2D eigenvalue weighted by Gasteiger charge is -2.14. The van der Waals surface area contributed by atoms with Crippen molar-refractivity contribution in [3.63, 3.8) is 0 Å². The topological polar surface area (TPSA) is 86.2 Å². The maximum Gasteiger partial charge on any atom is 0.160 e. The van der Waals surface area contributed by atoms with E-state index in [1.807, 2.05) is 0 Å². The summed E-state index contributed by atoms with van der Waals surface area (Å²) in [6.45, 7) is 1.61. The van der Waals surface area contributed by atoms with Crippen LogP contribution in [0.4, 0.5) is 13.2 Å². The normalized spacial score (nSPS) is 10.3. The first-order valence-electron chi connectivity index (χ1n) is 9.88. The van der Waals surface area contributed by atoms with E-state index in [0.29, 0.717) is 29.0 Å². The molecule has 0 fully saturated rings. The molecule has 0 saturated heterocycles. The van der Waals surface area contributed by atoms with E-state index in [9.17, 15) is 13.2 Å². The number of aryl methyl sites for hydroxylation is 1. The number of hydrogen-bond acceptors (Lipinski definition) is 5.